The van der Waals surface area contributed by atoms with E-state index in [2.05, 4.69) is 19.8 Å². The van der Waals surface area contributed by atoms with E-state index >= 15 is 0 Å². The smallest absolute Gasteiger partial charge is 0.243 e. The minimum absolute atomic E-state index is 0.161. The van der Waals surface area contributed by atoms with E-state index in [1.165, 1.54) is 12.4 Å². The largest absolute Gasteiger partial charge is 0.349 e. The summed E-state index contributed by atoms with van der Waals surface area (Å²) in [5, 5.41) is 4.00. The second-order valence-electron chi connectivity index (χ2n) is 4.26. The van der Waals surface area contributed by atoms with Crippen LogP contribution in [-0.4, -0.2) is 41.3 Å². The third kappa shape index (κ3) is 3.89. The highest BCUT2D eigenvalue weighted by Gasteiger charge is 2.15. The Bertz CT molecular complexity index is 619. The molecule has 0 atom stereocenters. The number of nitrogens with zero attached hydrogens (tertiary/aromatic N) is 3. The predicted molar refractivity (Wildman–Crippen MR) is 73.4 cm³/mol. The zero-order valence-corrected chi connectivity index (χ0v) is 11.8. The molecular formula is C11H18N6O2S. The third-order valence-corrected chi connectivity index (χ3v) is 4.14. The maximum absolute atomic E-state index is 12.0. The molecule has 0 aliphatic carbocycles. The number of sulfonamides is 1. The van der Waals surface area contributed by atoms with Gasteiger partial charge in [-0.1, -0.05) is 0 Å². The molecular weight excluding hydrogens is 280 g/mol. The molecule has 20 heavy (non-hydrogen) atoms. The summed E-state index contributed by atoms with van der Waals surface area (Å²) in [5.41, 5.74) is 5.40. The van der Waals surface area contributed by atoms with Crippen LogP contribution < -0.4 is 10.5 Å². The SMILES string of the molecule is NCCCn1cc(S(=O)(=O)NCCc2ncc[nH]2)cn1. The van der Waals surface area contributed by atoms with Gasteiger partial charge in [0.15, 0.2) is 0 Å². The van der Waals surface area contributed by atoms with Crippen LogP contribution in [0.3, 0.4) is 0 Å². The van der Waals surface area contributed by atoms with Gasteiger partial charge in [0, 0.05) is 38.1 Å². The molecule has 0 saturated heterocycles. The zero-order valence-electron chi connectivity index (χ0n) is 11.0. The number of aryl methyl sites for hydroxylation is 1. The van der Waals surface area contributed by atoms with E-state index in [9.17, 15) is 8.42 Å². The van der Waals surface area contributed by atoms with Gasteiger partial charge in [0.1, 0.15) is 10.7 Å². The van der Waals surface area contributed by atoms with Crippen LogP contribution in [0.4, 0.5) is 0 Å². The van der Waals surface area contributed by atoms with Gasteiger partial charge < -0.3 is 10.7 Å². The maximum atomic E-state index is 12.0. The lowest BCUT2D eigenvalue weighted by atomic mass is 10.4. The first kappa shape index (κ1) is 14.7. The fraction of sp³-hybridized carbons (Fsp3) is 0.455. The third-order valence-electron chi connectivity index (χ3n) is 2.72. The molecule has 2 heterocycles. The van der Waals surface area contributed by atoms with Gasteiger partial charge in [0.25, 0.3) is 0 Å². The Kier molecular flexibility index (Phi) is 4.88. The van der Waals surface area contributed by atoms with Crippen molar-refractivity contribution >= 4 is 10.0 Å². The van der Waals surface area contributed by atoms with Crippen molar-refractivity contribution in [2.24, 2.45) is 5.73 Å². The summed E-state index contributed by atoms with van der Waals surface area (Å²) in [4.78, 5) is 7.11. The van der Waals surface area contributed by atoms with E-state index in [0.717, 1.165) is 12.2 Å². The number of aromatic nitrogens is 4. The van der Waals surface area contributed by atoms with Gasteiger partial charge in [-0.3, -0.25) is 4.68 Å². The lowest BCUT2D eigenvalue weighted by molar-refractivity contribution is 0.576. The second kappa shape index (κ2) is 6.64. The van der Waals surface area contributed by atoms with Gasteiger partial charge in [0.2, 0.25) is 10.0 Å². The van der Waals surface area contributed by atoms with Gasteiger partial charge in [-0.2, -0.15) is 5.10 Å². The van der Waals surface area contributed by atoms with E-state index in [1.807, 2.05) is 0 Å². The Hall–Kier alpha value is -1.71. The van der Waals surface area contributed by atoms with E-state index in [1.54, 1.807) is 17.1 Å². The Morgan fingerprint density at radius 3 is 3.00 bits per heavy atom. The first-order valence-corrected chi connectivity index (χ1v) is 7.80. The number of hydrogen-bond donors (Lipinski definition) is 3. The van der Waals surface area contributed by atoms with Crippen molar-refractivity contribution in [3.05, 3.63) is 30.6 Å². The highest BCUT2D eigenvalue weighted by atomic mass is 32.2. The van der Waals surface area contributed by atoms with Crippen molar-refractivity contribution in [2.45, 2.75) is 24.3 Å². The summed E-state index contributed by atoms with van der Waals surface area (Å²) in [5.74, 6) is 0.742. The summed E-state index contributed by atoms with van der Waals surface area (Å²) >= 11 is 0. The standard InChI is InChI=1S/C11H18N6O2S/c12-3-1-7-17-9-10(8-15-17)20(18,19)16-4-2-11-13-5-6-14-11/h5-6,8-9,16H,1-4,7,12H2,(H,13,14). The fourth-order valence-electron chi connectivity index (χ4n) is 1.68. The van der Waals surface area contributed by atoms with Crippen LogP contribution in [0, 0.1) is 0 Å². The molecule has 0 radical (unpaired) electrons. The van der Waals surface area contributed by atoms with Gasteiger partial charge in [0.05, 0.1) is 6.20 Å². The van der Waals surface area contributed by atoms with Crippen LogP contribution in [-0.2, 0) is 23.0 Å². The van der Waals surface area contributed by atoms with Crippen molar-refractivity contribution in [3.63, 3.8) is 0 Å². The number of imidazole rings is 1. The van der Waals surface area contributed by atoms with Crippen molar-refractivity contribution in [3.8, 4) is 0 Å². The Morgan fingerprint density at radius 2 is 2.30 bits per heavy atom. The number of H-pyrrole nitrogens is 1. The molecule has 110 valence electrons. The van der Waals surface area contributed by atoms with Crippen LogP contribution in [0.5, 0.6) is 0 Å². The quantitative estimate of drug-likeness (QED) is 0.605. The van der Waals surface area contributed by atoms with E-state index in [0.29, 0.717) is 19.5 Å². The maximum Gasteiger partial charge on any atom is 0.243 e. The minimum atomic E-state index is -3.52. The molecule has 0 aliphatic rings. The Balaban J connectivity index is 1.90. The monoisotopic (exact) mass is 298 g/mol. The lowest BCUT2D eigenvalue weighted by Crippen LogP contribution is -2.26. The van der Waals surface area contributed by atoms with Gasteiger partial charge in [-0.15, -0.1) is 0 Å². The van der Waals surface area contributed by atoms with E-state index in [4.69, 9.17) is 5.73 Å². The average Bonchev–Trinajstić information content (AvgIpc) is 3.07. The zero-order chi connectivity index (χ0) is 14.4. The minimum Gasteiger partial charge on any atom is -0.349 e. The summed E-state index contributed by atoms with van der Waals surface area (Å²) in [6.45, 7) is 1.44. The predicted octanol–water partition coefficient (Wildman–Crippen LogP) is -0.524. The fourth-order valence-corrected chi connectivity index (χ4v) is 2.66. The highest BCUT2D eigenvalue weighted by molar-refractivity contribution is 7.89. The van der Waals surface area contributed by atoms with Crippen LogP contribution in [0.1, 0.15) is 12.2 Å². The summed E-state index contributed by atoms with van der Waals surface area (Å²) < 4.78 is 28.2. The molecule has 0 amide bonds. The molecule has 9 heteroatoms. The molecule has 0 spiro atoms. The van der Waals surface area contributed by atoms with Crippen molar-refractivity contribution in [2.75, 3.05) is 13.1 Å². The van der Waals surface area contributed by atoms with E-state index in [-0.39, 0.29) is 11.4 Å². The molecule has 0 unspecified atom stereocenters. The van der Waals surface area contributed by atoms with Crippen molar-refractivity contribution in [1.29, 1.82) is 0 Å². The molecule has 0 bridgehead atoms. The molecule has 2 aromatic heterocycles. The molecule has 4 N–H and O–H groups in total. The van der Waals surface area contributed by atoms with Gasteiger partial charge in [-0.25, -0.2) is 18.1 Å². The number of rotatable bonds is 8. The average molecular weight is 298 g/mol. The first-order chi connectivity index (χ1) is 9.62. The van der Waals surface area contributed by atoms with Crippen molar-refractivity contribution < 1.29 is 8.42 Å². The summed E-state index contributed by atoms with van der Waals surface area (Å²) in [7, 11) is -3.52. The van der Waals surface area contributed by atoms with Gasteiger partial charge >= 0.3 is 0 Å². The van der Waals surface area contributed by atoms with Gasteiger partial charge in [-0.05, 0) is 13.0 Å². The Morgan fingerprint density at radius 1 is 1.45 bits per heavy atom. The number of nitrogens with one attached hydrogen (secondary N) is 2. The molecule has 0 aliphatic heterocycles. The summed E-state index contributed by atoms with van der Waals surface area (Å²) in [6, 6.07) is 0. The Labute approximate surface area is 117 Å². The first-order valence-electron chi connectivity index (χ1n) is 6.32. The molecule has 2 rings (SSSR count). The lowest BCUT2D eigenvalue weighted by Gasteiger charge is -2.03. The van der Waals surface area contributed by atoms with Crippen LogP contribution in [0.25, 0.3) is 0 Å². The number of aromatic amines is 1. The molecule has 0 aromatic carbocycles. The van der Waals surface area contributed by atoms with Crippen molar-refractivity contribution in [1.82, 2.24) is 24.5 Å². The molecule has 0 fully saturated rings. The number of nitrogens with two attached hydrogens (primary N) is 1. The number of hydrogen-bond acceptors (Lipinski definition) is 5. The normalized spacial score (nSPS) is 11.8. The van der Waals surface area contributed by atoms with E-state index < -0.39 is 10.0 Å². The van der Waals surface area contributed by atoms with Crippen LogP contribution in [0.2, 0.25) is 0 Å². The summed E-state index contributed by atoms with van der Waals surface area (Å²) in [6.07, 6.45) is 7.44. The van der Waals surface area contributed by atoms with Crippen LogP contribution in [0.15, 0.2) is 29.7 Å². The topological polar surface area (TPSA) is 119 Å². The van der Waals surface area contributed by atoms with Crippen LogP contribution >= 0.6 is 0 Å². The molecule has 8 nitrogen and oxygen atoms in total. The molecule has 0 saturated carbocycles. The second-order valence-corrected chi connectivity index (χ2v) is 6.03. The highest BCUT2D eigenvalue weighted by Crippen LogP contribution is 2.07. The molecule has 2 aromatic rings.